The van der Waals surface area contributed by atoms with Crippen LogP contribution in [-0.2, 0) is 22.4 Å². The van der Waals surface area contributed by atoms with Gasteiger partial charge >= 0.3 is 11.6 Å². The van der Waals surface area contributed by atoms with E-state index < -0.39 is 11.5 Å². The first-order valence-electron chi connectivity index (χ1n) is 9.04. The molecule has 0 bridgehead atoms. The summed E-state index contributed by atoms with van der Waals surface area (Å²) in [7, 11) is 1.32. The van der Waals surface area contributed by atoms with Gasteiger partial charge < -0.3 is 14.1 Å². The summed E-state index contributed by atoms with van der Waals surface area (Å²) in [6.07, 6.45) is 2.38. The van der Waals surface area contributed by atoms with Crippen LogP contribution in [0.4, 0.5) is 0 Å². The summed E-state index contributed by atoms with van der Waals surface area (Å²) in [5.41, 5.74) is 1.27. The first kappa shape index (κ1) is 18.9. The highest BCUT2D eigenvalue weighted by Crippen LogP contribution is 2.20. The highest BCUT2D eigenvalue weighted by atomic mass is 16.5. The molecule has 27 heavy (non-hydrogen) atoms. The standard InChI is InChI=1S/C21H23NO5/c1-14-11-17(10-6-9-15-7-4-3-5-8-15)27-21(25)18(14)19(23)22-12-16(13-22)20(24)26-2/h3-5,7-8,11,16H,6,9-10,12-13H2,1-2H3. The molecule has 142 valence electrons. The minimum absolute atomic E-state index is 0.0464. The van der Waals surface area contributed by atoms with Gasteiger partial charge in [-0.2, -0.15) is 0 Å². The van der Waals surface area contributed by atoms with E-state index in [4.69, 9.17) is 4.42 Å². The third-order valence-electron chi connectivity index (χ3n) is 4.85. The zero-order valence-corrected chi connectivity index (χ0v) is 15.6. The van der Waals surface area contributed by atoms with Crippen LogP contribution in [0.3, 0.4) is 0 Å². The summed E-state index contributed by atoms with van der Waals surface area (Å²) in [6, 6.07) is 11.9. The molecule has 6 nitrogen and oxygen atoms in total. The van der Waals surface area contributed by atoms with Crippen molar-refractivity contribution in [3.63, 3.8) is 0 Å². The number of hydrogen-bond acceptors (Lipinski definition) is 5. The van der Waals surface area contributed by atoms with Crippen LogP contribution in [0.25, 0.3) is 0 Å². The molecular formula is C21H23NO5. The maximum atomic E-state index is 12.5. The molecule has 6 heteroatoms. The second-order valence-corrected chi connectivity index (χ2v) is 6.83. The van der Waals surface area contributed by atoms with Crippen LogP contribution in [0.2, 0.25) is 0 Å². The van der Waals surface area contributed by atoms with Gasteiger partial charge in [0.2, 0.25) is 0 Å². The molecule has 0 radical (unpaired) electrons. The van der Waals surface area contributed by atoms with E-state index in [1.807, 2.05) is 18.2 Å². The maximum Gasteiger partial charge on any atom is 0.349 e. The van der Waals surface area contributed by atoms with Gasteiger partial charge in [0.1, 0.15) is 11.3 Å². The number of carbonyl (C=O) groups is 2. The topological polar surface area (TPSA) is 76.8 Å². The number of hydrogen-bond donors (Lipinski definition) is 0. The lowest BCUT2D eigenvalue weighted by atomic mass is 9.98. The smallest absolute Gasteiger partial charge is 0.349 e. The predicted molar refractivity (Wildman–Crippen MR) is 99.6 cm³/mol. The van der Waals surface area contributed by atoms with E-state index in [1.165, 1.54) is 17.6 Å². The summed E-state index contributed by atoms with van der Waals surface area (Å²) in [6.45, 7) is 2.27. The average Bonchev–Trinajstić information content (AvgIpc) is 2.60. The molecule has 2 aromatic rings. The highest BCUT2D eigenvalue weighted by molar-refractivity contribution is 5.96. The van der Waals surface area contributed by atoms with E-state index in [0.29, 0.717) is 17.7 Å². The monoisotopic (exact) mass is 369 g/mol. The lowest BCUT2D eigenvalue weighted by Gasteiger charge is -2.37. The number of amides is 1. The van der Waals surface area contributed by atoms with Gasteiger partial charge in [0.25, 0.3) is 5.91 Å². The van der Waals surface area contributed by atoms with E-state index in [2.05, 4.69) is 16.9 Å². The number of ether oxygens (including phenoxy) is 1. The molecule has 1 aliphatic rings. The number of nitrogens with zero attached hydrogens (tertiary/aromatic N) is 1. The van der Waals surface area contributed by atoms with Crippen LogP contribution in [0, 0.1) is 12.8 Å². The van der Waals surface area contributed by atoms with Crippen molar-refractivity contribution in [3.05, 3.63) is 69.3 Å². The molecule has 1 saturated heterocycles. The van der Waals surface area contributed by atoms with Crippen molar-refractivity contribution in [1.82, 2.24) is 4.90 Å². The predicted octanol–water partition coefficient (Wildman–Crippen LogP) is 2.37. The van der Waals surface area contributed by atoms with Crippen LogP contribution in [0.15, 0.2) is 45.6 Å². The van der Waals surface area contributed by atoms with Crippen LogP contribution >= 0.6 is 0 Å². The van der Waals surface area contributed by atoms with Crippen LogP contribution in [-0.4, -0.2) is 37.0 Å². The van der Waals surface area contributed by atoms with E-state index in [0.717, 1.165) is 12.8 Å². The Kier molecular flexibility index (Phi) is 5.74. The Morgan fingerprint density at radius 2 is 1.89 bits per heavy atom. The fourth-order valence-corrected chi connectivity index (χ4v) is 3.28. The number of likely N-dealkylation sites (tertiary alicyclic amines) is 1. The van der Waals surface area contributed by atoms with E-state index in [1.54, 1.807) is 13.0 Å². The molecule has 0 atom stereocenters. The molecule has 0 N–H and O–H groups in total. The average molecular weight is 369 g/mol. The fourth-order valence-electron chi connectivity index (χ4n) is 3.28. The lowest BCUT2D eigenvalue weighted by Crippen LogP contribution is -2.54. The number of rotatable bonds is 6. The number of carbonyl (C=O) groups excluding carboxylic acids is 2. The summed E-state index contributed by atoms with van der Waals surface area (Å²) < 4.78 is 10.0. The van der Waals surface area contributed by atoms with E-state index in [9.17, 15) is 14.4 Å². The minimum Gasteiger partial charge on any atom is -0.469 e. The van der Waals surface area contributed by atoms with Gasteiger partial charge in [-0.05, 0) is 37.0 Å². The number of aryl methyl sites for hydroxylation is 3. The van der Waals surface area contributed by atoms with Gasteiger partial charge in [0, 0.05) is 19.5 Å². The van der Waals surface area contributed by atoms with Crippen LogP contribution in [0.5, 0.6) is 0 Å². The molecule has 2 heterocycles. The Labute approximate surface area is 157 Å². The summed E-state index contributed by atoms with van der Waals surface area (Å²) >= 11 is 0. The summed E-state index contributed by atoms with van der Waals surface area (Å²) in [5, 5.41) is 0. The Bertz CT molecular complexity index is 881. The molecule has 3 rings (SSSR count). The number of benzene rings is 1. The SMILES string of the molecule is COC(=O)C1CN(C(=O)c2c(C)cc(CCCc3ccccc3)oc2=O)C1. The van der Waals surface area contributed by atoms with Crippen molar-refractivity contribution in [2.75, 3.05) is 20.2 Å². The van der Waals surface area contributed by atoms with Gasteiger partial charge in [-0.25, -0.2) is 4.79 Å². The molecule has 1 aromatic carbocycles. The normalized spacial score (nSPS) is 13.9. The van der Waals surface area contributed by atoms with Crippen LogP contribution < -0.4 is 5.63 Å². The Morgan fingerprint density at radius 1 is 1.19 bits per heavy atom. The molecule has 1 aliphatic heterocycles. The second kappa shape index (κ2) is 8.20. The highest BCUT2D eigenvalue weighted by Gasteiger charge is 2.38. The maximum absolute atomic E-state index is 12.5. The Morgan fingerprint density at radius 3 is 2.52 bits per heavy atom. The molecule has 1 fully saturated rings. The Balaban J connectivity index is 1.62. The van der Waals surface area contributed by atoms with Crippen molar-refractivity contribution in [2.45, 2.75) is 26.2 Å². The Hall–Kier alpha value is -2.89. The third kappa shape index (κ3) is 4.27. The summed E-state index contributed by atoms with van der Waals surface area (Å²) in [4.78, 5) is 37.8. The van der Waals surface area contributed by atoms with Gasteiger partial charge in [-0.15, -0.1) is 0 Å². The molecule has 0 unspecified atom stereocenters. The van der Waals surface area contributed by atoms with Gasteiger partial charge in [-0.1, -0.05) is 30.3 Å². The molecular weight excluding hydrogens is 346 g/mol. The van der Waals surface area contributed by atoms with Gasteiger partial charge in [0.15, 0.2) is 0 Å². The van der Waals surface area contributed by atoms with Crippen molar-refractivity contribution in [1.29, 1.82) is 0 Å². The molecule has 0 aliphatic carbocycles. The molecule has 1 aromatic heterocycles. The summed E-state index contributed by atoms with van der Waals surface area (Å²) in [5.74, 6) is -0.460. The van der Waals surface area contributed by atoms with Crippen molar-refractivity contribution in [3.8, 4) is 0 Å². The van der Waals surface area contributed by atoms with E-state index >= 15 is 0 Å². The third-order valence-corrected chi connectivity index (χ3v) is 4.85. The lowest BCUT2D eigenvalue weighted by molar-refractivity contribution is -0.149. The molecule has 0 saturated carbocycles. The van der Waals surface area contributed by atoms with Crippen LogP contribution in [0.1, 0.15) is 33.7 Å². The molecule has 1 amide bonds. The van der Waals surface area contributed by atoms with Gasteiger partial charge in [0.05, 0.1) is 13.0 Å². The quantitative estimate of drug-likeness (QED) is 0.731. The number of esters is 1. The largest absolute Gasteiger partial charge is 0.469 e. The first-order valence-corrected chi connectivity index (χ1v) is 9.04. The van der Waals surface area contributed by atoms with E-state index in [-0.39, 0.29) is 30.5 Å². The second-order valence-electron chi connectivity index (χ2n) is 6.83. The fraction of sp³-hybridized carbons (Fsp3) is 0.381. The van der Waals surface area contributed by atoms with Crippen molar-refractivity contribution < 1.29 is 18.7 Å². The van der Waals surface area contributed by atoms with Gasteiger partial charge in [-0.3, -0.25) is 9.59 Å². The van der Waals surface area contributed by atoms with Crippen molar-refractivity contribution >= 4 is 11.9 Å². The first-order chi connectivity index (χ1) is 13.0. The minimum atomic E-state index is -0.615. The zero-order chi connectivity index (χ0) is 19.4. The zero-order valence-electron chi connectivity index (χ0n) is 15.6. The number of methoxy groups -OCH3 is 1. The van der Waals surface area contributed by atoms with Crippen molar-refractivity contribution in [2.24, 2.45) is 5.92 Å². The molecule has 0 spiro atoms.